The van der Waals surface area contributed by atoms with Crippen LogP contribution in [-0.2, 0) is 13.0 Å². The number of aliphatic hydroxyl groups is 1. The molecule has 0 amide bonds. The van der Waals surface area contributed by atoms with Gasteiger partial charge in [-0.15, -0.1) is 0 Å². The molecule has 1 aromatic heterocycles. The molecule has 1 unspecified atom stereocenters. The largest absolute Gasteiger partial charge is 0.388 e. The van der Waals surface area contributed by atoms with Gasteiger partial charge in [0.25, 0.3) is 0 Å². The first-order valence-corrected chi connectivity index (χ1v) is 6.06. The molecule has 0 radical (unpaired) electrons. The van der Waals surface area contributed by atoms with E-state index >= 15 is 0 Å². The fraction of sp³-hybridized carbons (Fsp3) is 0.357. The van der Waals surface area contributed by atoms with Gasteiger partial charge < -0.3 is 9.67 Å². The van der Waals surface area contributed by atoms with Crippen LogP contribution in [0.3, 0.4) is 0 Å². The number of aryl methyl sites for hydroxylation is 2. The molecule has 96 valence electrons. The van der Waals surface area contributed by atoms with Gasteiger partial charge in [-0.25, -0.2) is 9.37 Å². The molecule has 1 heterocycles. The van der Waals surface area contributed by atoms with Gasteiger partial charge in [0.15, 0.2) is 0 Å². The molecular weight excluding hydrogens is 231 g/mol. The van der Waals surface area contributed by atoms with Crippen LogP contribution < -0.4 is 0 Å². The monoisotopic (exact) mass is 248 g/mol. The SMILES string of the molecule is CCn1ccnc1CC(O)c1ccc(C)cc1F. The predicted molar refractivity (Wildman–Crippen MR) is 67.7 cm³/mol. The Kier molecular flexibility index (Phi) is 3.77. The Balaban J connectivity index is 2.19. The van der Waals surface area contributed by atoms with Crippen molar-refractivity contribution < 1.29 is 9.50 Å². The molecule has 1 aromatic carbocycles. The smallest absolute Gasteiger partial charge is 0.129 e. The van der Waals surface area contributed by atoms with Crippen LogP contribution in [0, 0.1) is 12.7 Å². The number of hydrogen-bond acceptors (Lipinski definition) is 2. The number of rotatable bonds is 4. The van der Waals surface area contributed by atoms with Gasteiger partial charge in [-0.05, 0) is 25.5 Å². The van der Waals surface area contributed by atoms with Gasteiger partial charge in [0.1, 0.15) is 11.6 Å². The summed E-state index contributed by atoms with van der Waals surface area (Å²) in [5.41, 5.74) is 1.17. The van der Waals surface area contributed by atoms with Gasteiger partial charge in [0, 0.05) is 30.9 Å². The Hall–Kier alpha value is -1.68. The van der Waals surface area contributed by atoms with Gasteiger partial charge in [0.05, 0.1) is 6.10 Å². The molecule has 0 aliphatic heterocycles. The van der Waals surface area contributed by atoms with Crippen LogP contribution in [-0.4, -0.2) is 14.7 Å². The van der Waals surface area contributed by atoms with Crippen molar-refractivity contribution in [3.8, 4) is 0 Å². The van der Waals surface area contributed by atoms with Crippen LogP contribution in [0.25, 0.3) is 0 Å². The van der Waals surface area contributed by atoms with Gasteiger partial charge in [-0.2, -0.15) is 0 Å². The zero-order valence-corrected chi connectivity index (χ0v) is 10.6. The zero-order chi connectivity index (χ0) is 13.1. The van der Waals surface area contributed by atoms with Crippen molar-refractivity contribution in [1.29, 1.82) is 0 Å². The van der Waals surface area contributed by atoms with E-state index in [1.54, 1.807) is 18.3 Å². The molecule has 2 aromatic rings. The second-order valence-corrected chi connectivity index (χ2v) is 4.37. The summed E-state index contributed by atoms with van der Waals surface area (Å²) in [7, 11) is 0. The van der Waals surface area contributed by atoms with E-state index < -0.39 is 6.10 Å². The number of hydrogen-bond donors (Lipinski definition) is 1. The van der Waals surface area contributed by atoms with E-state index in [-0.39, 0.29) is 5.82 Å². The van der Waals surface area contributed by atoms with Gasteiger partial charge in [-0.1, -0.05) is 12.1 Å². The maximum Gasteiger partial charge on any atom is 0.129 e. The Morgan fingerprint density at radius 2 is 2.22 bits per heavy atom. The topological polar surface area (TPSA) is 38.0 Å². The maximum absolute atomic E-state index is 13.7. The molecule has 2 rings (SSSR count). The minimum absolute atomic E-state index is 0.320. The van der Waals surface area contributed by atoms with Crippen molar-refractivity contribution in [2.24, 2.45) is 0 Å². The predicted octanol–water partition coefficient (Wildman–Crippen LogP) is 2.63. The highest BCUT2D eigenvalue weighted by Crippen LogP contribution is 2.21. The summed E-state index contributed by atoms with van der Waals surface area (Å²) >= 11 is 0. The maximum atomic E-state index is 13.7. The normalized spacial score (nSPS) is 12.7. The number of imidazole rings is 1. The second-order valence-electron chi connectivity index (χ2n) is 4.37. The van der Waals surface area contributed by atoms with Crippen LogP contribution in [0.2, 0.25) is 0 Å². The van der Waals surface area contributed by atoms with E-state index in [1.165, 1.54) is 6.07 Å². The Morgan fingerprint density at radius 1 is 1.44 bits per heavy atom. The van der Waals surface area contributed by atoms with Gasteiger partial charge in [-0.3, -0.25) is 0 Å². The minimum Gasteiger partial charge on any atom is -0.388 e. The first-order valence-electron chi connectivity index (χ1n) is 6.06. The first-order chi connectivity index (χ1) is 8.61. The average molecular weight is 248 g/mol. The summed E-state index contributed by atoms with van der Waals surface area (Å²) in [6, 6.07) is 4.87. The van der Waals surface area contributed by atoms with E-state index in [0.29, 0.717) is 12.0 Å². The zero-order valence-electron chi connectivity index (χ0n) is 10.6. The number of benzene rings is 1. The number of aromatic nitrogens is 2. The van der Waals surface area contributed by atoms with E-state index in [9.17, 15) is 9.50 Å². The fourth-order valence-electron chi connectivity index (χ4n) is 2.00. The molecule has 0 aliphatic rings. The van der Waals surface area contributed by atoms with E-state index in [0.717, 1.165) is 17.9 Å². The van der Waals surface area contributed by atoms with Gasteiger partial charge in [0.2, 0.25) is 0 Å². The molecule has 4 heteroatoms. The Labute approximate surface area is 106 Å². The van der Waals surface area contributed by atoms with Gasteiger partial charge >= 0.3 is 0 Å². The lowest BCUT2D eigenvalue weighted by molar-refractivity contribution is 0.170. The van der Waals surface area contributed by atoms with Crippen molar-refractivity contribution >= 4 is 0 Å². The molecule has 0 spiro atoms. The second kappa shape index (κ2) is 5.31. The summed E-state index contributed by atoms with van der Waals surface area (Å²) in [5, 5.41) is 10.1. The lowest BCUT2D eigenvalue weighted by atomic mass is 10.0. The molecule has 0 saturated carbocycles. The molecule has 0 bridgehead atoms. The number of nitrogens with zero attached hydrogens (tertiary/aromatic N) is 2. The summed E-state index contributed by atoms with van der Waals surface area (Å²) in [5.74, 6) is 0.405. The summed E-state index contributed by atoms with van der Waals surface area (Å²) in [6.45, 7) is 4.62. The van der Waals surface area contributed by atoms with Crippen molar-refractivity contribution in [2.75, 3.05) is 0 Å². The Bertz CT molecular complexity index is 536. The molecule has 0 saturated heterocycles. The Morgan fingerprint density at radius 3 is 2.89 bits per heavy atom. The van der Waals surface area contributed by atoms with Crippen LogP contribution in [0.5, 0.6) is 0 Å². The van der Waals surface area contributed by atoms with Crippen molar-refractivity contribution in [2.45, 2.75) is 32.9 Å². The molecule has 0 aliphatic carbocycles. The minimum atomic E-state index is -0.863. The van der Waals surface area contributed by atoms with Crippen molar-refractivity contribution in [1.82, 2.24) is 9.55 Å². The van der Waals surface area contributed by atoms with Crippen molar-refractivity contribution in [3.05, 3.63) is 53.4 Å². The molecular formula is C14H17FN2O. The molecule has 1 N–H and O–H groups in total. The average Bonchev–Trinajstić information content (AvgIpc) is 2.76. The van der Waals surface area contributed by atoms with Crippen LogP contribution in [0.1, 0.15) is 30.0 Å². The van der Waals surface area contributed by atoms with E-state index in [4.69, 9.17) is 0 Å². The summed E-state index contributed by atoms with van der Waals surface area (Å²) in [6.07, 6.45) is 3.00. The quantitative estimate of drug-likeness (QED) is 0.903. The third-order valence-corrected chi connectivity index (χ3v) is 3.03. The highest BCUT2D eigenvalue weighted by atomic mass is 19.1. The number of halogens is 1. The lowest BCUT2D eigenvalue weighted by Gasteiger charge is -2.13. The standard InChI is InChI=1S/C14H17FN2O/c1-3-17-7-6-16-14(17)9-13(18)11-5-4-10(2)8-12(11)15/h4-8,13,18H,3,9H2,1-2H3. The van der Waals surface area contributed by atoms with E-state index in [1.807, 2.05) is 24.6 Å². The fourth-order valence-corrected chi connectivity index (χ4v) is 2.00. The van der Waals surface area contributed by atoms with E-state index in [2.05, 4.69) is 4.98 Å². The number of aliphatic hydroxyl groups excluding tert-OH is 1. The summed E-state index contributed by atoms with van der Waals surface area (Å²) in [4.78, 5) is 4.18. The lowest BCUT2D eigenvalue weighted by Crippen LogP contribution is -2.09. The molecule has 18 heavy (non-hydrogen) atoms. The molecule has 3 nitrogen and oxygen atoms in total. The molecule has 0 fully saturated rings. The molecule has 1 atom stereocenters. The van der Waals surface area contributed by atoms with Crippen molar-refractivity contribution in [3.63, 3.8) is 0 Å². The van der Waals surface area contributed by atoms with Crippen LogP contribution in [0.4, 0.5) is 4.39 Å². The third kappa shape index (κ3) is 2.59. The van der Waals surface area contributed by atoms with Crippen LogP contribution in [0.15, 0.2) is 30.6 Å². The van der Waals surface area contributed by atoms with Crippen LogP contribution >= 0.6 is 0 Å². The first kappa shape index (κ1) is 12.8. The highest BCUT2D eigenvalue weighted by Gasteiger charge is 2.15. The highest BCUT2D eigenvalue weighted by molar-refractivity contribution is 5.25. The summed E-state index contributed by atoms with van der Waals surface area (Å²) < 4.78 is 15.7. The third-order valence-electron chi connectivity index (χ3n) is 3.03.